The molecule has 0 spiro atoms. The summed E-state index contributed by atoms with van der Waals surface area (Å²) in [6.45, 7) is 0.184. The molecule has 0 atom stereocenters. The number of anilines is 1. The predicted molar refractivity (Wildman–Crippen MR) is 60.7 cm³/mol. The van der Waals surface area contributed by atoms with Crippen molar-refractivity contribution in [3.05, 3.63) is 29.8 Å². The topological polar surface area (TPSA) is 73.2 Å². The third-order valence-corrected chi connectivity index (χ3v) is 2.61. The van der Waals surface area contributed by atoms with Gasteiger partial charge in [0.05, 0.1) is 18.3 Å². The molecule has 5 nitrogen and oxygen atoms in total. The number of imide groups is 1. The SMILES string of the molecule is N#Cc1ccc(NCN2C(=O)CCC2=O)cc1. The first-order valence-electron chi connectivity index (χ1n) is 5.28. The standard InChI is InChI=1S/C12H11N3O2/c13-7-9-1-3-10(4-2-9)14-8-15-11(16)5-6-12(15)17/h1-4,14H,5-6,8H2. The molecule has 0 radical (unpaired) electrons. The molecule has 1 N–H and O–H groups in total. The van der Waals surface area contributed by atoms with Crippen LogP contribution in [0.4, 0.5) is 5.69 Å². The molecule has 1 aliphatic rings. The molecule has 0 aliphatic carbocycles. The van der Waals surface area contributed by atoms with E-state index in [1.807, 2.05) is 6.07 Å². The molecular formula is C12H11N3O2. The van der Waals surface area contributed by atoms with E-state index in [0.29, 0.717) is 18.4 Å². The molecule has 86 valence electrons. The molecule has 1 aromatic carbocycles. The van der Waals surface area contributed by atoms with Crippen LogP contribution in [0.25, 0.3) is 0 Å². The number of nitrogens with one attached hydrogen (secondary N) is 1. The van der Waals surface area contributed by atoms with Crippen LogP contribution in [0.5, 0.6) is 0 Å². The molecule has 0 aromatic heterocycles. The van der Waals surface area contributed by atoms with Crippen LogP contribution in [-0.4, -0.2) is 23.4 Å². The van der Waals surface area contributed by atoms with Gasteiger partial charge in [0.1, 0.15) is 0 Å². The van der Waals surface area contributed by atoms with Crippen LogP contribution in [0, 0.1) is 11.3 Å². The van der Waals surface area contributed by atoms with Crippen molar-refractivity contribution >= 4 is 17.5 Å². The van der Waals surface area contributed by atoms with E-state index < -0.39 is 0 Å². The van der Waals surface area contributed by atoms with E-state index in [2.05, 4.69) is 5.32 Å². The number of nitriles is 1. The number of hydrogen-bond acceptors (Lipinski definition) is 4. The predicted octanol–water partition coefficient (Wildman–Crippen LogP) is 1.08. The van der Waals surface area contributed by atoms with Crippen molar-refractivity contribution < 1.29 is 9.59 Å². The Bertz CT molecular complexity index is 471. The van der Waals surface area contributed by atoms with Crippen molar-refractivity contribution in [1.82, 2.24) is 4.90 Å². The summed E-state index contributed by atoms with van der Waals surface area (Å²) >= 11 is 0. The average Bonchev–Trinajstić information content (AvgIpc) is 2.67. The first-order chi connectivity index (χ1) is 8.20. The van der Waals surface area contributed by atoms with Gasteiger partial charge in [0.25, 0.3) is 0 Å². The molecule has 5 heteroatoms. The minimum Gasteiger partial charge on any atom is -0.367 e. The van der Waals surface area contributed by atoms with Crippen molar-refractivity contribution in [2.45, 2.75) is 12.8 Å². The van der Waals surface area contributed by atoms with E-state index in [0.717, 1.165) is 5.69 Å². The van der Waals surface area contributed by atoms with Crippen LogP contribution in [0.15, 0.2) is 24.3 Å². The van der Waals surface area contributed by atoms with Crippen LogP contribution >= 0.6 is 0 Å². The maximum Gasteiger partial charge on any atom is 0.231 e. The Morgan fingerprint density at radius 3 is 2.29 bits per heavy atom. The number of likely N-dealkylation sites (tertiary alicyclic amines) is 1. The number of benzene rings is 1. The number of rotatable bonds is 3. The van der Waals surface area contributed by atoms with E-state index in [9.17, 15) is 9.59 Å². The van der Waals surface area contributed by atoms with Crippen LogP contribution in [-0.2, 0) is 9.59 Å². The maximum absolute atomic E-state index is 11.3. The second kappa shape index (κ2) is 4.66. The zero-order chi connectivity index (χ0) is 12.3. The fraction of sp³-hybridized carbons (Fsp3) is 0.250. The number of nitrogens with zero attached hydrogens (tertiary/aromatic N) is 2. The van der Waals surface area contributed by atoms with Crippen LogP contribution in [0.2, 0.25) is 0 Å². The molecule has 0 bridgehead atoms. The van der Waals surface area contributed by atoms with Gasteiger partial charge in [-0.15, -0.1) is 0 Å². The Morgan fingerprint density at radius 2 is 1.76 bits per heavy atom. The third-order valence-electron chi connectivity index (χ3n) is 2.61. The lowest BCUT2D eigenvalue weighted by Gasteiger charge is -2.15. The monoisotopic (exact) mass is 229 g/mol. The van der Waals surface area contributed by atoms with Gasteiger partial charge in [0.15, 0.2) is 0 Å². The van der Waals surface area contributed by atoms with Gasteiger partial charge in [-0.25, -0.2) is 0 Å². The summed E-state index contributed by atoms with van der Waals surface area (Å²) in [7, 11) is 0. The normalized spacial score (nSPS) is 14.9. The van der Waals surface area contributed by atoms with Crippen molar-refractivity contribution in [2.24, 2.45) is 0 Å². The van der Waals surface area contributed by atoms with Gasteiger partial charge in [0.2, 0.25) is 11.8 Å². The minimum atomic E-state index is -0.142. The van der Waals surface area contributed by atoms with Gasteiger partial charge in [-0.05, 0) is 24.3 Å². The molecule has 1 aromatic rings. The first kappa shape index (κ1) is 11.1. The Morgan fingerprint density at radius 1 is 1.18 bits per heavy atom. The second-order valence-corrected chi connectivity index (χ2v) is 3.74. The lowest BCUT2D eigenvalue weighted by Crippen LogP contribution is -2.33. The highest BCUT2D eigenvalue weighted by Gasteiger charge is 2.28. The highest BCUT2D eigenvalue weighted by atomic mass is 16.2. The Kier molecular flexibility index (Phi) is 3.06. The van der Waals surface area contributed by atoms with E-state index in [1.165, 1.54) is 4.90 Å². The van der Waals surface area contributed by atoms with Crippen LogP contribution in [0.3, 0.4) is 0 Å². The number of carbonyl (C=O) groups is 2. The van der Waals surface area contributed by atoms with Crippen LogP contribution in [0.1, 0.15) is 18.4 Å². The largest absolute Gasteiger partial charge is 0.367 e. The first-order valence-corrected chi connectivity index (χ1v) is 5.28. The molecule has 0 saturated carbocycles. The molecule has 1 saturated heterocycles. The fourth-order valence-electron chi connectivity index (χ4n) is 1.63. The van der Waals surface area contributed by atoms with Crippen molar-refractivity contribution in [3.8, 4) is 6.07 Å². The Labute approximate surface area is 98.6 Å². The van der Waals surface area contributed by atoms with Gasteiger partial charge in [0, 0.05) is 18.5 Å². The summed E-state index contributed by atoms with van der Waals surface area (Å²) in [6, 6.07) is 8.85. The van der Waals surface area contributed by atoms with E-state index >= 15 is 0 Å². The lowest BCUT2D eigenvalue weighted by atomic mass is 10.2. The quantitative estimate of drug-likeness (QED) is 0.787. The summed E-state index contributed by atoms with van der Waals surface area (Å²) in [4.78, 5) is 23.9. The third kappa shape index (κ3) is 2.42. The van der Waals surface area contributed by atoms with Crippen molar-refractivity contribution in [2.75, 3.05) is 12.0 Å². The summed E-state index contributed by atoms with van der Waals surface area (Å²) in [5, 5.41) is 11.6. The van der Waals surface area contributed by atoms with E-state index in [1.54, 1.807) is 24.3 Å². The molecule has 2 amide bonds. The summed E-state index contributed by atoms with van der Waals surface area (Å²) in [5.74, 6) is -0.285. The van der Waals surface area contributed by atoms with Gasteiger partial charge >= 0.3 is 0 Å². The smallest absolute Gasteiger partial charge is 0.231 e. The number of amides is 2. The Balaban J connectivity index is 1.95. The van der Waals surface area contributed by atoms with Gasteiger partial charge in [-0.3, -0.25) is 14.5 Å². The van der Waals surface area contributed by atoms with Gasteiger partial charge in [-0.1, -0.05) is 0 Å². The average molecular weight is 229 g/mol. The fourth-order valence-corrected chi connectivity index (χ4v) is 1.63. The zero-order valence-electron chi connectivity index (χ0n) is 9.14. The zero-order valence-corrected chi connectivity index (χ0v) is 9.14. The summed E-state index contributed by atoms with van der Waals surface area (Å²) < 4.78 is 0. The second-order valence-electron chi connectivity index (χ2n) is 3.74. The molecule has 2 rings (SSSR count). The Hall–Kier alpha value is -2.35. The number of hydrogen-bond donors (Lipinski definition) is 1. The van der Waals surface area contributed by atoms with Crippen molar-refractivity contribution in [1.29, 1.82) is 5.26 Å². The maximum atomic E-state index is 11.3. The summed E-state index contributed by atoms with van der Waals surface area (Å²) in [6.07, 6.45) is 0.599. The molecular weight excluding hydrogens is 218 g/mol. The lowest BCUT2D eigenvalue weighted by molar-refractivity contribution is -0.137. The van der Waals surface area contributed by atoms with Crippen LogP contribution < -0.4 is 5.32 Å². The van der Waals surface area contributed by atoms with E-state index in [4.69, 9.17) is 5.26 Å². The molecule has 1 heterocycles. The summed E-state index contributed by atoms with van der Waals surface area (Å²) in [5.41, 5.74) is 1.35. The van der Waals surface area contributed by atoms with Gasteiger partial charge in [-0.2, -0.15) is 5.26 Å². The van der Waals surface area contributed by atoms with Gasteiger partial charge < -0.3 is 5.32 Å². The molecule has 17 heavy (non-hydrogen) atoms. The molecule has 1 aliphatic heterocycles. The minimum absolute atomic E-state index is 0.142. The molecule has 0 unspecified atom stereocenters. The molecule has 1 fully saturated rings. The highest BCUT2D eigenvalue weighted by molar-refractivity contribution is 6.02. The van der Waals surface area contributed by atoms with E-state index in [-0.39, 0.29) is 18.5 Å². The highest BCUT2D eigenvalue weighted by Crippen LogP contribution is 2.13. The number of carbonyl (C=O) groups excluding carboxylic acids is 2. The van der Waals surface area contributed by atoms with Crippen molar-refractivity contribution in [3.63, 3.8) is 0 Å².